The second-order valence-electron chi connectivity index (χ2n) is 4.32. The quantitative estimate of drug-likeness (QED) is 0.725. The van der Waals surface area contributed by atoms with E-state index in [0.717, 1.165) is 12.0 Å². The summed E-state index contributed by atoms with van der Waals surface area (Å²) in [7, 11) is 0. The lowest BCUT2D eigenvalue weighted by Crippen LogP contribution is -2.11. The molecule has 1 aromatic carbocycles. The monoisotopic (exact) mass is 218 g/mol. The van der Waals surface area contributed by atoms with Gasteiger partial charge in [-0.25, -0.2) is 0 Å². The Labute approximate surface area is 96.7 Å². The molecule has 0 aromatic heterocycles. The first-order valence-corrected chi connectivity index (χ1v) is 5.62. The second-order valence-corrected chi connectivity index (χ2v) is 4.32. The van der Waals surface area contributed by atoms with Gasteiger partial charge < -0.3 is 0 Å². The molecule has 86 valence electrons. The maximum absolute atomic E-state index is 12.0. The molecule has 16 heavy (non-hydrogen) atoms. The van der Waals surface area contributed by atoms with Crippen LogP contribution in [0.25, 0.3) is 0 Å². The predicted octanol–water partition coefficient (Wildman–Crippen LogP) is 3.43. The van der Waals surface area contributed by atoms with Gasteiger partial charge in [0.2, 0.25) is 0 Å². The lowest BCUT2D eigenvalue weighted by atomic mass is 9.94. The molecule has 0 N–H and O–H groups in total. The van der Waals surface area contributed by atoms with Gasteiger partial charge in [-0.05, 0) is 44.0 Å². The number of rotatable bonds is 4. The van der Waals surface area contributed by atoms with Gasteiger partial charge in [-0.1, -0.05) is 13.8 Å². The number of hydrogen-bond acceptors (Lipinski definition) is 2. The summed E-state index contributed by atoms with van der Waals surface area (Å²) in [5.74, 6) is 0.136. The van der Waals surface area contributed by atoms with E-state index in [-0.39, 0.29) is 17.5 Å². The Morgan fingerprint density at radius 3 is 2.25 bits per heavy atom. The fraction of sp³-hybridized carbons (Fsp3) is 0.429. The van der Waals surface area contributed by atoms with Crippen molar-refractivity contribution in [1.82, 2.24) is 0 Å². The third-order valence-corrected chi connectivity index (χ3v) is 2.83. The summed E-state index contributed by atoms with van der Waals surface area (Å²) in [6.45, 7) is 7.33. The van der Waals surface area contributed by atoms with Gasteiger partial charge in [0, 0.05) is 17.0 Å². The van der Waals surface area contributed by atoms with E-state index >= 15 is 0 Å². The van der Waals surface area contributed by atoms with Crippen molar-refractivity contribution >= 4 is 11.6 Å². The number of benzene rings is 1. The van der Waals surface area contributed by atoms with Crippen LogP contribution < -0.4 is 0 Å². The third kappa shape index (κ3) is 2.78. The lowest BCUT2D eigenvalue weighted by Gasteiger charge is -2.09. The van der Waals surface area contributed by atoms with Gasteiger partial charge in [0.05, 0.1) is 0 Å². The Kier molecular flexibility index (Phi) is 3.99. The smallest absolute Gasteiger partial charge is 0.165 e. The van der Waals surface area contributed by atoms with Crippen LogP contribution >= 0.6 is 0 Å². The molecule has 1 rings (SSSR count). The minimum absolute atomic E-state index is 0.00176. The summed E-state index contributed by atoms with van der Waals surface area (Å²) in [6.07, 6.45) is 0.822. The normalized spacial score (nSPS) is 12.2. The van der Waals surface area contributed by atoms with E-state index in [1.807, 2.05) is 32.9 Å². The molecule has 0 saturated carbocycles. The summed E-state index contributed by atoms with van der Waals surface area (Å²) < 4.78 is 0. The Balaban J connectivity index is 3.14. The Bertz CT molecular complexity index is 419. The molecule has 0 aliphatic heterocycles. The van der Waals surface area contributed by atoms with Crippen LogP contribution in [0.5, 0.6) is 0 Å². The summed E-state index contributed by atoms with van der Waals surface area (Å²) >= 11 is 0. The van der Waals surface area contributed by atoms with Crippen LogP contribution in [0.15, 0.2) is 18.2 Å². The molecule has 0 spiro atoms. The highest BCUT2D eigenvalue weighted by Crippen LogP contribution is 2.16. The van der Waals surface area contributed by atoms with E-state index in [1.54, 1.807) is 6.07 Å². The number of carbonyl (C=O) groups is 2. The average Bonchev–Trinajstić information content (AvgIpc) is 2.26. The highest BCUT2D eigenvalue weighted by atomic mass is 16.1. The third-order valence-electron chi connectivity index (χ3n) is 2.83. The van der Waals surface area contributed by atoms with Gasteiger partial charge in [-0.15, -0.1) is 0 Å². The SMILES string of the molecule is CCC(C)C(=O)c1cc(C)cc(C(C)=O)c1. The first-order valence-electron chi connectivity index (χ1n) is 5.62. The topological polar surface area (TPSA) is 34.1 Å². The molecule has 1 aromatic rings. The molecule has 0 radical (unpaired) electrons. The largest absolute Gasteiger partial charge is 0.295 e. The summed E-state index contributed by atoms with van der Waals surface area (Å²) in [6, 6.07) is 5.36. The van der Waals surface area contributed by atoms with E-state index in [9.17, 15) is 9.59 Å². The molecule has 1 unspecified atom stereocenters. The average molecular weight is 218 g/mol. The van der Waals surface area contributed by atoms with Crippen molar-refractivity contribution in [1.29, 1.82) is 0 Å². The zero-order valence-electron chi connectivity index (χ0n) is 10.3. The standard InChI is InChI=1S/C14H18O2/c1-5-10(3)14(16)13-7-9(2)6-12(8-13)11(4)15/h6-8,10H,5H2,1-4H3. The van der Waals surface area contributed by atoms with Crippen molar-refractivity contribution in [2.75, 3.05) is 0 Å². The second kappa shape index (κ2) is 5.06. The van der Waals surface area contributed by atoms with E-state index < -0.39 is 0 Å². The summed E-state index contributed by atoms with van der Waals surface area (Å²) in [5.41, 5.74) is 2.23. The van der Waals surface area contributed by atoms with Crippen molar-refractivity contribution in [2.45, 2.75) is 34.1 Å². The van der Waals surface area contributed by atoms with Crippen LogP contribution in [-0.2, 0) is 0 Å². The molecular formula is C14H18O2. The van der Waals surface area contributed by atoms with Crippen molar-refractivity contribution in [2.24, 2.45) is 5.92 Å². The number of Topliss-reactive ketones (excluding diaryl/α,β-unsaturated/α-hetero) is 2. The first-order chi connectivity index (χ1) is 7.45. The fourth-order valence-electron chi connectivity index (χ4n) is 1.60. The molecule has 0 amide bonds. The number of hydrogen-bond donors (Lipinski definition) is 0. The molecular weight excluding hydrogens is 200 g/mol. The minimum Gasteiger partial charge on any atom is -0.295 e. The van der Waals surface area contributed by atoms with Crippen LogP contribution in [0.1, 0.15) is 53.5 Å². The van der Waals surface area contributed by atoms with Gasteiger partial charge >= 0.3 is 0 Å². The molecule has 2 nitrogen and oxygen atoms in total. The molecule has 1 atom stereocenters. The van der Waals surface area contributed by atoms with Gasteiger partial charge in [0.15, 0.2) is 11.6 Å². The van der Waals surface area contributed by atoms with Crippen molar-refractivity contribution in [3.05, 3.63) is 34.9 Å². The van der Waals surface area contributed by atoms with Gasteiger partial charge in [0.25, 0.3) is 0 Å². The van der Waals surface area contributed by atoms with E-state index in [2.05, 4.69) is 0 Å². The van der Waals surface area contributed by atoms with E-state index in [0.29, 0.717) is 11.1 Å². The molecule has 0 aliphatic rings. The number of aryl methyl sites for hydroxylation is 1. The zero-order chi connectivity index (χ0) is 12.3. The first kappa shape index (κ1) is 12.6. The van der Waals surface area contributed by atoms with Crippen LogP contribution in [0.3, 0.4) is 0 Å². The molecule has 2 heteroatoms. The van der Waals surface area contributed by atoms with Crippen molar-refractivity contribution in [3.63, 3.8) is 0 Å². The highest BCUT2D eigenvalue weighted by molar-refractivity contribution is 6.01. The van der Waals surface area contributed by atoms with Crippen LogP contribution in [0.2, 0.25) is 0 Å². The molecule has 0 bridgehead atoms. The lowest BCUT2D eigenvalue weighted by molar-refractivity contribution is 0.0927. The van der Waals surface area contributed by atoms with Crippen molar-refractivity contribution in [3.8, 4) is 0 Å². The molecule has 0 heterocycles. The maximum Gasteiger partial charge on any atom is 0.165 e. The Morgan fingerprint density at radius 1 is 1.19 bits per heavy atom. The number of carbonyl (C=O) groups excluding carboxylic acids is 2. The zero-order valence-corrected chi connectivity index (χ0v) is 10.3. The predicted molar refractivity (Wildman–Crippen MR) is 65.0 cm³/mol. The van der Waals surface area contributed by atoms with Gasteiger partial charge in [-0.2, -0.15) is 0 Å². The Hall–Kier alpha value is -1.44. The van der Waals surface area contributed by atoms with Crippen LogP contribution in [0.4, 0.5) is 0 Å². The molecule has 0 fully saturated rings. The number of ketones is 2. The van der Waals surface area contributed by atoms with E-state index in [4.69, 9.17) is 0 Å². The Morgan fingerprint density at radius 2 is 1.75 bits per heavy atom. The molecule has 0 saturated heterocycles. The minimum atomic E-state index is 0.00176. The van der Waals surface area contributed by atoms with Crippen LogP contribution in [0, 0.1) is 12.8 Å². The van der Waals surface area contributed by atoms with E-state index in [1.165, 1.54) is 6.92 Å². The fourth-order valence-corrected chi connectivity index (χ4v) is 1.60. The molecule has 0 aliphatic carbocycles. The van der Waals surface area contributed by atoms with Gasteiger partial charge in [0.1, 0.15) is 0 Å². The van der Waals surface area contributed by atoms with Crippen molar-refractivity contribution < 1.29 is 9.59 Å². The highest BCUT2D eigenvalue weighted by Gasteiger charge is 2.14. The van der Waals surface area contributed by atoms with Gasteiger partial charge in [-0.3, -0.25) is 9.59 Å². The summed E-state index contributed by atoms with van der Waals surface area (Å²) in [4.78, 5) is 23.3. The maximum atomic E-state index is 12.0. The van der Waals surface area contributed by atoms with Crippen LogP contribution in [-0.4, -0.2) is 11.6 Å². The summed E-state index contributed by atoms with van der Waals surface area (Å²) in [5, 5.41) is 0.